The Labute approximate surface area is 143 Å². The highest BCUT2D eigenvalue weighted by Gasteiger charge is 2.18. The fourth-order valence-electron chi connectivity index (χ4n) is 2.16. The first-order valence-corrected chi connectivity index (χ1v) is 7.02. The first-order chi connectivity index (χ1) is 10.5. The molecule has 1 aromatic carbocycles. The van der Waals surface area contributed by atoms with Crippen LogP contribution in [0.1, 0.15) is 17.7 Å². The monoisotopic (exact) mass is 359 g/mol. The SMILES string of the molecule is Cc1noc(Cl)c1CCC(=O)Nc1cc2c(cc1N)OCO2.Cl. The molecule has 2 heterocycles. The third-order valence-electron chi connectivity index (χ3n) is 3.36. The second-order valence-corrected chi connectivity index (χ2v) is 5.20. The van der Waals surface area contributed by atoms with Crippen molar-refractivity contribution in [2.45, 2.75) is 19.8 Å². The summed E-state index contributed by atoms with van der Waals surface area (Å²) in [7, 11) is 0. The second-order valence-electron chi connectivity index (χ2n) is 4.86. The van der Waals surface area contributed by atoms with E-state index in [-0.39, 0.29) is 36.7 Å². The van der Waals surface area contributed by atoms with Crippen molar-refractivity contribution in [3.8, 4) is 11.5 Å². The number of ether oxygens (including phenoxy) is 2. The van der Waals surface area contributed by atoms with E-state index in [0.717, 1.165) is 5.56 Å². The number of carbonyl (C=O) groups is 1. The third kappa shape index (κ3) is 3.62. The number of benzene rings is 1. The minimum atomic E-state index is -0.192. The highest BCUT2D eigenvalue weighted by atomic mass is 35.5. The predicted molar refractivity (Wildman–Crippen MR) is 87.4 cm³/mol. The van der Waals surface area contributed by atoms with Crippen LogP contribution in [0.4, 0.5) is 11.4 Å². The average molecular weight is 360 g/mol. The van der Waals surface area contributed by atoms with Crippen molar-refractivity contribution in [2.24, 2.45) is 0 Å². The lowest BCUT2D eigenvalue weighted by Crippen LogP contribution is -2.13. The van der Waals surface area contributed by atoms with Crippen LogP contribution in [0.25, 0.3) is 0 Å². The molecule has 0 bridgehead atoms. The van der Waals surface area contributed by atoms with E-state index in [1.807, 2.05) is 0 Å². The lowest BCUT2D eigenvalue weighted by atomic mass is 10.1. The summed E-state index contributed by atoms with van der Waals surface area (Å²) in [5.74, 6) is 0.937. The number of nitrogen functional groups attached to an aromatic ring is 1. The zero-order valence-corrected chi connectivity index (χ0v) is 13.8. The van der Waals surface area contributed by atoms with Gasteiger partial charge in [0.15, 0.2) is 11.5 Å². The number of nitrogens with two attached hydrogens (primary N) is 1. The summed E-state index contributed by atoms with van der Waals surface area (Å²) in [6.45, 7) is 1.93. The topological polar surface area (TPSA) is 99.6 Å². The van der Waals surface area contributed by atoms with Crippen LogP contribution in [0.5, 0.6) is 11.5 Å². The van der Waals surface area contributed by atoms with Crippen molar-refractivity contribution in [2.75, 3.05) is 17.8 Å². The fourth-order valence-corrected chi connectivity index (χ4v) is 2.42. The zero-order chi connectivity index (χ0) is 15.7. The first-order valence-electron chi connectivity index (χ1n) is 6.64. The standard InChI is InChI=1S/C14H14ClN3O4.ClH/c1-7-8(14(15)22-18-7)2-3-13(19)17-10-5-12-11(4-9(10)16)20-6-21-12;/h4-5H,2-3,6,16H2,1H3,(H,17,19);1H. The summed E-state index contributed by atoms with van der Waals surface area (Å²) < 4.78 is 15.3. The highest BCUT2D eigenvalue weighted by molar-refractivity contribution is 6.29. The van der Waals surface area contributed by atoms with E-state index in [0.29, 0.717) is 35.0 Å². The molecule has 0 radical (unpaired) electrons. The normalized spacial score (nSPS) is 11.9. The van der Waals surface area contributed by atoms with Gasteiger partial charge in [0.25, 0.3) is 0 Å². The van der Waals surface area contributed by atoms with Crippen LogP contribution in [0.15, 0.2) is 16.7 Å². The van der Waals surface area contributed by atoms with Crippen molar-refractivity contribution < 1.29 is 18.8 Å². The van der Waals surface area contributed by atoms with Gasteiger partial charge in [0, 0.05) is 24.1 Å². The van der Waals surface area contributed by atoms with E-state index < -0.39 is 0 Å². The Bertz CT molecular complexity index is 714. The molecule has 0 atom stereocenters. The van der Waals surface area contributed by atoms with Gasteiger partial charge in [-0.25, -0.2) is 0 Å². The first kappa shape index (κ1) is 17.2. The number of fused-ring (bicyclic) bond motifs is 1. The van der Waals surface area contributed by atoms with Gasteiger partial charge in [0.05, 0.1) is 17.1 Å². The number of hydrogen-bond acceptors (Lipinski definition) is 6. The number of aryl methyl sites for hydroxylation is 1. The summed E-state index contributed by atoms with van der Waals surface area (Å²) in [5, 5.41) is 6.71. The van der Waals surface area contributed by atoms with Gasteiger partial charge in [-0.15, -0.1) is 12.4 Å². The van der Waals surface area contributed by atoms with Crippen LogP contribution in [0.3, 0.4) is 0 Å². The van der Waals surface area contributed by atoms with E-state index >= 15 is 0 Å². The van der Waals surface area contributed by atoms with Crippen LogP contribution in [-0.4, -0.2) is 17.9 Å². The van der Waals surface area contributed by atoms with Crippen LogP contribution in [0.2, 0.25) is 5.22 Å². The summed E-state index contributed by atoms with van der Waals surface area (Å²) in [6.07, 6.45) is 0.667. The predicted octanol–water partition coefficient (Wildman–Crippen LogP) is 2.94. The van der Waals surface area contributed by atoms with Gasteiger partial charge >= 0.3 is 0 Å². The van der Waals surface area contributed by atoms with Gasteiger partial charge in [0.2, 0.25) is 17.9 Å². The Hall–Kier alpha value is -2.12. The van der Waals surface area contributed by atoms with Gasteiger partial charge in [-0.2, -0.15) is 0 Å². The summed E-state index contributed by atoms with van der Waals surface area (Å²) in [5.41, 5.74) is 8.20. The molecule has 9 heteroatoms. The number of nitrogens with zero attached hydrogens (tertiary/aromatic N) is 1. The lowest BCUT2D eigenvalue weighted by molar-refractivity contribution is -0.116. The van der Waals surface area contributed by atoms with Crippen LogP contribution >= 0.6 is 24.0 Å². The minimum Gasteiger partial charge on any atom is -0.454 e. The Kier molecular flexibility index (Phi) is 5.23. The molecule has 1 aliphatic rings. The zero-order valence-electron chi connectivity index (χ0n) is 12.2. The molecule has 1 amide bonds. The Balaban J connectivity index is 0.00000192. The molecule has 23 heavy (non-hydrogen) atoms. The summed E-state index contributed by atoms with van der Waals surface area (Å²) in [6, 6.07) is 3.27. The number of rotatable bonds is 4. The van der Waals surface area contributed by atoms with E-state index in [1.165, 1.54) is 0 Å². The Morgan fingerprint density at radius 2 is 2.09 bits per heavy atom. The number of amides is 1. The largest absolute Gasteiger partial charge is 0.454 e. The van der Waals surface area contributed by atoms with Crippen molar-refractivity contribution in [3.05, 3.63) is 28.6 Å². The van der Waals surface area contributed by atoms with Crippen LogP contribution in [-0.2, 0) is 11.2 Å². The molecule has 0 saturated heterocycles. The molecule has 3 N–H and O–H groups in total. The number of aromatic nitrogens is 1. The smallest absolute Gasteiger partial charge is 0.231 e. The van der Waals surface area contributed by atoms with E-state index in [2.05, 4.69) is 10.5 Å². The number of anilines is 2. The molecule has 0 unspecified atom stereocenters. The molecule has 0 fully saturated rings. The van der Waals surface area contributed by atoms with Gasteiger partial charge in [-0.05, 0) is 24.9 Å². The maximum Gasteiger partial charge on any atom is 0.231 e. The molecule has 0 aliphatic carbocycles. The molecule has 0 spiro atoms. The summed E-state index contributed by atoms with van der Waals surface area (Å²) >= 11 is 5.87. The average Bonchev–Trinajstić information content (AvgIpc) is 3.04. The van der Waals surface area contributed by atoms with Crippen LogP contribution < -0.4 is 20.5 Å². The van der Waals surface area contributed by atoms with Crippen molar-refractivity contribution in [3.63, 3.8) is 0 Å². The molecule has 1 aliphatic heterocycles. The van der Waals surface area contributed by atoms with E-state index in [4.69, 9.17) is 31.3 Å². The van der Waals surface area contributed by atoms with Crippen molar-refractivity contribution in [1.29, 1.82) is 0 Å². The molecule has 7 nitrogen and oxygen atoms in total. The van der Waals surface area contributed by atoms with Crippen molar-refractivity contribution >= 4 is 41.3 Å². The lowest BCUT2D eigenvalue weighted by Gasteiger charge is -2.09. The number of halogens is 2. The van der Waals surface area contributed by atoms with E-state index in [1.54, 1.807) is 19.1 Å². The third-order valence-corrected chi connectivity index (χ3v) is 3.65. The molecule has 124 valence electrons. The maximum atomic E-state index is 12.0. The van der Waals surface area contributed by atoms with Gasteiger partial charge in [0.1, 0.15) is 0 Å². The highest BCUT2D eigenvalue weighted by Crippen LogP contribution is 2.38. The molecule has 2 aromatic rings. The summed E-state index contributed by atoms with van der Waals surface area (Å²) in [4.78, 5) is 12.0. The molecule has 0 saturated carbocycles. The Morgan fingerprint density at radius 1 is 1.39 bits per heavy atom. The fraction of sp³-hybridized carbons (Fsp3) is 0.286. The maximum absolute atomic E-state index is 12.0. The second kappa shape index (κ2) is 6.97. The molecule has 1 aromatic heterocycles. The molecule has 3 rings (SSSR count). The van der Waals surface area contributed by atoms with Crippen LogP contribution in [0, 0.1) is 6.92 Å². The van der Waals surface area contributed by atoms with Gasteiger partial charge < -0.3 is 25.0 Å². The number of hydrogen-bond donors (Lipinski definition) is 2. The van der Waals surface area contributed by atoms with Crippen molar-refractivity contribution in [1.82, 2.24) is 5.16 Å². The number of carbonyl (C=O) groups excluding carboxylic acids is 1. The Morgan fingerprint density at radius 3 is 2.74 bits per heavy atom. The molecular weight excluding hydrogens is 345 g/mol. The van der Waals surface area contributed by atoms with Gasteiger partial charge in [-0.3, -0.25) is 4.79 Å². The number of nitrogens with one attached hydrogen (secondary N) is 1. The van der Waals surface area contributed by atoms with E-state index in [9.17, 15) is 4.79 Å². The molecular formula is C14H15Cl2N3O4. The quantitative estimate of drug-likeness (QED) is 0.814. The minimum absolute atomic E-state index is 0. The van der Waals surface area contributed by atoms with Gasteiger partial charge in [-0.1, -0.05) is 5.16 Å².